The molecule has 1 aromatic rings. The summed E-state index contributed by atoms with van der Waals surface area (Å²) in [5.74, 6) is -1.04. The number of amides is 1. The van der Waals surface area contributed by atoms with Gasteiger partial charge >= 0.3 is 5.97 Å². The summed E-state index contributed by atoms with van der Waals surface area (Å²) in [6.07, 6.45) is 4.57. The SMILES string of the molecule is CC(OC(=O)C(CO)NS(=O)(=O)c1ccc(Br)cc1)C(=O)NCC1CCCCC1. The van der Waals surface area contributed by atoms with Crippen molar-refractivity contribution in [2.45, 2.75) is 56.1 Å². The molecule has 0 aliphatic heterocycles. The Kier molecular flexibility index (Phi) is 9.06. The molecule has 0 saturated heterocycles. The summed E-state index contributed by atoms with van der Waals surface area (Å²) in [4.78, 5) is 24.4. The fourth-order valence-corrected chi connectivity index (χ4v) is 4.56. The van der Waals surface area contributed by atoms with Crippen LogP contribution in [0, 0.1) is 5.92 Å². The van der Waals surface area contributed by atoms with Gasteiger partial charge in [-0.3, -0.25) is 9.59 Å². The molecule has 2 atom stereocenters. The van der Waals surface area contributed by atoms with Gasteiger partial charge < -0.3 is 15.2 Å². The van der Waals surface area contributed by atoms with Gasteiger partial charge in [-0.05, 0) is 49.9 Å². The highest BCUT2D eigenvalue weighted by atomic mass is 79.9. The minimum absolute atomic E-state index is 0.0646. The van der Waals surface area contributed by atoms with E-state index in [0.29, 0.717) is 16.9 Å². The van der Waals surface area contributed by atoms with E-state index in [9.17, 15) is 23.1 Å². The Hall–Kier alpha value is -1.49. The monoisotopic (exact) mass is 490 g/mol. The first-order chi connectivity index (χ1) is 13.7. The molecule has 1 amide bonds. The molecule has 1 fully saturated rings. The molecule has 10 heteroatoms. The minimum Gasteiger partial charge on any atom is -0.451 e. The lowest BCUT2D eigenvalue weighted by atomic mass is 9.89. The summed E-state index contributed by atoms with van der Waals surface area (Å²) < 4.78 is 32.6. The van der Waals surface area contributed by atoms with Crippen LogP contribution in [0.1, 0.15) is 39.0 Å². The maximum Gasteiger partial charge on any atom is 0.327 e. The van der Waals surface area contributed by atoms with Crippen LogP contribution in [0.2, 0.25) is 0 Å². The molecule has 1 aliphatic rings. The number of carbonyl (C=O) groups excluding carboxylic acids is 2. The van der Waals surface area contributed by atoms with E-state index in [1.807, 2.05) is 0 Å². The molecule has 29 heavy (non-hydrogen) atoms. The number of nitrogens with one attached hydrogen (secondary N) is 2. The second-order valence-corrected chi connectivity index (χ2v) is 9.77. The summed E-state index contributed by atoms with van der Waals surface area (Å²) in [7, 11) is -4.05. The largest absolute Gasteiger partial charge is 0.451 e. The lowest BCUT2D eigenvalue weighted by molar-refractivity contribution is -0.157. The molecule has 3 N–H and O–H groups in total. The number of halogens is 1. The summed E-state index contributed by atoms with van der Waals surface area (Å²) in [6.45, 7) is 1.14. The van der Waals surface area contributed by atoms with E-state index < -0.39 is 40.7 Å². The van der Waals surface area contributed by atoms with Crippen molar-refractivity contribution in [1.29, 1.82) is 0 Å². The molecule has 2 unspecified atom stereocenters. The molecule has 0 bridgehead atoms. The van der Waals surface area contributed by atoms with Gasteiger partial charge in [0.1, 0.15) is 6.04 Å². The Morgan fingerprint density at radius 3 is 2.41 bits per heavy atom. The van der Waals surface area contributed by atoms with E-state index in [4.69, 9.17) is 4.74 Å². The van der Waals surface area contributed by atoms with Crippen LogP contribution in [0.3, 0.4) is 0 Å². The van der Waals surface area contributed by atoms with Gasteiger partial charge in [0, 0.05) is 11.0 Å². The molecule has 0 aromatic heterocycles. The Bertz CT molecular complexity index is 793. The van der Waals surface area contributed by atoms with Gasteiger partial charge in [0.25, 0.3) is 5.91 Å². The average Bonchev–Trinajstić information content (AvgIpc) is 2.71. The van der Waals surface area contributed by atoms with Crippen LogP contribution in [0.5, 0.6) is 0 Å². The van der Waals surface area contributed by atoms with Gasteiger partial charge in [-0.1, -0.05) is 35.2 Å². The van der Waals surface area contributed by atoms with E-state index in [1.54, 1.807) is 12.1 Å². The first kappa shape index (κ1) is 23.8. The van der Waals surface area contributed by atoms with Gasteiger partial charge in [0.05, 0.1) is 11.5 Å². The van der Waals surface area contributed by atoms with E-state index in [0.717, 1.165) is 25.7 Å². The zero-order valence-corrected chi connectivity index (χ0v) is 18.7. The third-order valence-corrected chi connectivity index (χ3v) is 6.86. The lowest BCUT2D eigenvalue weighted by Crippen LogP contribution is -2.47. The Morgan fingerprint density at radius 2 is 1.83 bits per heavy atom. The van der Waals surface area contributed by atoms with Crippen LogP contribution in [-0.4, -0.2) is 50.7 Å². The van der Waals surface area contributed by atoms with Gasteiger partial charge in [0.2, 0.25) is 10.0 Å². The molecular formula is C19H27BrN2O6S. The average molecular weight is 491 g/mol. The molecule has 8 nitrogen and oxygen atoms in total. The molecule has 0 heterocycles. The number of aliphatic hydroxyl groups is 1. The fourth-order valence-electron chi connectivity index (χ4n) is 3.12. The number of ether oxygens (including phenoxy) is 1. The standard InChI is InChI=1S/C19H27BrN2O6S/c1-13(18(24)21-11-14-5-3-2-4-6-14)28-19(25)17(12-23)22-29(26,27)16-9-7-15(20)8-10-16/h7-10,13-14,17,22-23H,2-6,11-12H2,1H3,(H,21,24). The Morgan fingerprint density at radius 1 is 1.21 bits per heavy atom. The summed E-state index contributed by atoms with van der Waals surface area (Å²) in [5, 5.41) is 12.2. The molecule has 1 aliphatic carbocycles. The first-order valence-corrected chi connectivity index (χ1v) is 11.9. The maximum atomic E-state index is 12.4. The highest BCUT2D eigenvalue weighted by Crippen LogP contribution is 2.22. The fraction of sp³-hybridized carbons (Fsp3) is 0.579. The molecule has 2 rings (SSSR count). The molecule has 0 radical (unpaired) electrons. The van der Waals surface area contributed by atoms with Crippen molar-refractivity contribution in [2.75, 3.05) is 13.2 Å². The highest BCUT2D eigenvalue weighted by Gasteiger charge is 2.29. The Balaban J connectivity index is 1.89. The third kappa shape index (κ3) is 7.36. The normalized spacial score (nSPS) is 17.3. The van der Waals surface area contributed by atoms with Crippen molar-refractivity contribution < 1.29 is 27.9 Å². The Labute approximate surface area is 179 Å². The van der Waals surface area contributed by atoms with Crippen molar-refractivity contribution in [3.8, 4) is 0 Å². The third-order valence-electron chi connectivity index (χ3n) is 4.84. The number of hydrogen-bond acceptors (Lipinski definition) is 6. The number of esters is 1. The van der Waals surface area contributed by atoms with Gasteiger partial charge in [0.15, 0.2) is 6.10 Å². The molecule has 1 saturated carbocycles. The van der Waals surface area contributed by atoms with Crippen molar-refractivity contribution >= 4 is 37.8 Å². The van der Waals surface area contributed by atoms with Gasteiger partial charge in [-0.15, -0.1) is 0 Å². The van der Waals surface area contributed by atoms with E-state index >= 15 is 0 Å². The van der Waals surface area contributed by atoms with E-state index in [2.05, 4.69) is 26.0 Å². The number of aliphatic hydroxyl groups excluding tert-OH is 1. The lowest BCUT2D eigenvalue weighted by Gasteiger charge is -2.23. The second kappa shape index (κ2) is 11.1. The number of rotatable bonds is 9. The smallest absolute Gasteiger partial charge is 0.327 e. The summed E-state index contributed by atoms with van der Waals surface area (Å²) >= 11 is 3.21. The van der Waals surface area contributed by atoms with E-state index in [1.165, 1.54) is 25.5 Å². The number of sulfonamides is 1. The predicted octanol–water partition coefficient (Wildman–Crippen LogP) is 1.72. The van der Waals surface area contributed by atoms with Crippen molar-refractivity contribution in [3.05, 3.63) is 28.7 Å². The zero-order chi connectivity index (χ0) is 21.4. The van der Waals surface area contributed by atoms with Crippen LogP contribution in [0.15, 0.2) is 33.6 Å². The minimum atomic E-state index is -4.05. The molecule has 0 spiro atoms. The molecular weight excluding hydrogens is 464 g/mol. The van der Waals surface area contributed by atoms with Crippen molar-refractivity contribution in [3.63, 3.8) is 0 Å². The molecule has 1 aromatic carbocycles. The van der Waals surface area contributed by atoms with Crippen LogP contribution in [0.4, 0.5) is 0 Å². The highest BCUT2D eigenvalue weighted by molar-refractivity contribution is 9.10. The quantitative estimate of drug-likeness (QED) is 0.453. The summed E-state index contributed by atoms with van der Waals surface area (Å²) in [5.41, 5.74) is 0. The van der Waals surface area contributed by atoms with Crippen LogP contribution in [0.25, 0.3) is 0 Å². The molecule has 162 valence electrons. The summed E-state index contributed by atoms with van der Waals surface area (Å²) in [6, 6.07) is 4.28. The number of benzene rings is 1. The topological polar surface area (TPSA) is 122 Å². The first-order valence-electron chi connectivity index (χ1n) is 9.60. The second-order valence-electron chi connectivity index (χ2n) is 7.14. The van der Waals surface area contributed by atoms with Crippen LogP contribution in [-0.2, 0) is 24.3 Å². The van der Waals surface area contributed by atoms with Gasteiger partial charge in [-0.2, -0.15) is 4.72 Å². The number of carbonyl (C=O) groups is 2. The van der Waals surface area contributed by atoms with Crippen LogP contribution < -0.4 is 10.0 Å². The number of hydrogen-bond donors (Lipinski definition) is 3. The van der Waals surface area contributed by atoms with Gasteiger partial charge in [-0.25, -0.2) is 8.42 Å². The maximum absolute atomic E-state index is 12.4. The zero-order valence-electron chi connectivity index (χ0n) is 16.3. The predicted molar refractivity (Wildman–Crippen MR) is 110 cm³/mol. The van der Waals surface area contributed by atoms with Crippen LogP contribution >= 0.6 is 15.9 Å². The van der Waals surface area contributed by atoms with Crippen molar-refractivity contribution in [2.24, 2.45) is 5.92 Å². The van der Waals surface area contributed by atoms with Crippen molar-refractivity contribution in [1.82, 2.24) is 10.0 Å². The van der Waals surface area contributed by atoms with E-state index in [-0.39, 0.29) is 4.90 Å².